The zero-order valence-corrected chi connectivity index (χ0v) is 13.1. The first-order chi connectivity index (χ1) is 10.7. The average Bonchev–Trinajstić information content (AvgIpc) is 2.92. The first kappa shape index (κ1) is 15.8. The molecular formula is C15H15N3O3S. The number of esters is 1. The molecule has 0 unspecified atom stereocenters. The Kier molecular flexibility index (Phi) is 5.33. The molecule has 0 atom stereocenters. The van der Waals surface area contributed by atoms with Gasteiger partial charge >= 0.3 is 5.97 Å². The summed E-state index contributed by atoms with van der Waals surface area (Å²) in [5.74, 6) is 0.207. The molecule has 6 nitrogen and oxygen atoms in total. The van der Waals surface area contributed by atoms with Crippen LogP contribution in [0.25, 0.3) is 0 Å². The number of nitriles is 1. The van der Waals surface area contributed by atoms with Crippen LogP contribution in [-0.2, 0) is 4.74 Å². The Hall–Kier alpha value is -2.59. The minimum atomic E-state index is -0.418. The summed E-state index contributed by atoms with van der Waals surface area (Å²) in [7, 11) is 1.73. The van der Waals surface area contributed by atoms with Gasteiger partial charge in [-0.25, -0.2) is 4.79 Å². The number of aryl methyl sites for hydroxylation is 1. The molecule has 1 heterocycles. The molecular weight excluding hydrogens is 302 g/mol. The van der Waals surface area contributed by atoms with Crippen molar-refractivity contribution in [2.45, 2.75) is 6.92 Å². The van der Waals surface area contributed by atoms with Crippen LogP contribution >= 0.6 is 11.5 Å². The van der Waals surface area contributed by atoms with E-state index in [-0.39, 0.29) is 13.2 Å². The van der Waals surface area contributed by atoms with E-state index in [1.807, 2.05) is 6.07 Å². The van der Waals surface area contributed by atoms with Gasteiger partial charge in [-0.1, -0.05) is 0 Å². The van der Waals surface area contributed by atoms with Gasteiger partial charge in [0, 0.05) is 7.05 Å². The molecule has 0 radical (unpaired) electrons. The average molecular weight is 317 g/mol. The predicted octanol–water partition coefficient (Wildman–Crippen LogP) is 2.60. The Morgan fingerprint density at radius 3 is 2.73 bits per heavy atom. The molecule has 0 aliphatic carbocycles. The molecule has 2 rings (SSSR count). The van der Waals surface area contributed by atoms with Gasteiger partial charge in [0.2, 0.25) is 0 Å². The van der Waals surface area contributed by atoms with Gasteiger partial charge in [-0.2, -0.15) is 9.64 Å². The van der Waals surface area contributed by atoms with Crippen LogP contribution < -0.4 is 10.1 Å². The van der Waals surface area contributed by atoms with Crippen LogP contribution in [0.4, 0.5) is 5.00 Å². The van der Waals surface area contributed by atoms with Crippen LogP contribution in [0, 0.1) is 18.3 Å². The summed E-state index contributed by atoms with van der Waals surface area (Å²) in [5.41, 5.74) is 1.68. The van der Waals surface area contributed by atoms with Crippen LogP contribution in [0.15, 0.2) is 24.3 Å². The lowest BCUT2D eigenvalue weighted by molar-refractivity contribution is 0.0451. The van der Waals surface area contributed by atoms with E-state index in [4.69, 9.17) is 14.7 Å². The van der Waals surface area contributed by atoms with E-state index in [1.165, 1.54) is 11.5 Å². The molecule has 22 heavy (non-hydrogen) atoms. The molecule has 0 bridgehead atoms. The fourth-order valence-electron chi connectivity index (χ4n) is 1.77. The number of hydrogen-bond donors (Lipinski definition) is 1. The summed E-state index contributed by atoms with van der Waals surface area (Å²) >= 11 is 1.22. The summed E-state index contributed by atoms with van der Waals surface area (Å²) in [6.45, 7) is 2.14. The third-order valence-corrected chi connectivity index (χ3v) is 3.82. The number of aromatic nitrogens is 1. The lowest BCUT2D eigenvalue weighted by atomic mass is 10.2. The molecule has 1 N–H and O–H groups in total. The van der Waals surface area contributed by atoms with Gasteiger partial charge in [0.25, 0.3) is 0 Å². The number of anilines is 1. The van der Waals surface area contributed by atoms with Crippen molar-refractivity contribution < 1.29 is 14.3 Å². The van der Waals surface area contributed by atoms with Gasteiger partial charge in [0.15, 0.2) is 0 Å². The number of nitrogens with one attached hydrogen (secondary N) is 1. The van der Waals surface area contributed by atoms with Crippen molar-refractivity contribution in [2.24, 2.45) is 0 Å². The molecule has 0 aliphatic rings. The highest BCUT2D eigenvalue weighted by Crippen LogP contribution is 2.24. The maximum Gasteiger partial charge on any atom is 0.343 e. The second kappa shape index (κ2) is 7.43. The number of carbonyl (C=O) groups excluding carboxylic acids is 1. The van der Waals surface area contributed by atoms with E-state index in [9.17, 15) is 4.79 Å². The summed E-state index contributed by atoms with van der Waals surface area (Å²) in [6, 6.07) is 8.77. The van der Waals surface area contributed by atoms with Gasteiger partial charge < -0.3 is 14.8 Å². The van der Waals surface area contributed by atoms with Gasteiger partial charge in [0.1, 0.15) is 29.5 Å². The van der Waals surface area contributed by atoms with E-state index in [1.54, 1.807) is 38.2 Å². The summed E-state index contributed by atoms with van der Waals surface area (Å²) < 4.78 is 14.8. The monoisotopic (exact) mass is 317 g/mol. The van der Waals surface area contributed by atoms with Crippen LogP contribution in [0.2, 0.25) is 0 Å². The number of nitrogens with zero attached hydrogens (tertiary/aromatic N) is 2. The van der Waals surface area contributed by atoms with Crippen LogP contribution in [0.3, 0.4) is 0 Å². The topological polar surface area (TPSA) is 84.2 Å². The molecule has 1 aromatic carbocycles. The van der Waals surface area contributed by atoms with E-state index in [2.05, 4.69) is 9.69 Å². The Morgan fingerprint density at radius 1 is 1.36 bits per heavy atom. The largest absolute Gasteiger partial charge is 0.490 e. The van der Waals surface area contributed by atoms with E-state index in [0.717, 1.165) is 0 Å². The SMILES string of the molecule is CNc1snc(C)c1C(=O)OCCOc1ccc(C#N)cc1. The van der Waals surface area contributed by atoms with Crippen LogP contribution in [0.5, 0.6) is 5.75 Å². The second-order valence-corrected chi connectivity index (χ2v) is 5.12. The van der Waals surface area contributed by atoms with Crippen molar-refractivity contribution in [3.63, 3.8) is 0 Å². The Bertz CT molecular complexity index is 689. The van der Waals surface area contributed by atoms with E-state index < -0.39 is 5.97 Å². The normalized spacial score (nSPS) is 9.86. The van der Waals surface area contributed by atoms with Crippen LogP contribution in [0.1, 0.15) is 21.6 Å². The molecule has 0 amide bonds. The number of ether oxygens (including phenoxy) is 2. The van der Waals surface area contributed by atoms with Crippen LogP contribution in [-0.4, -0.2) is 30.6 Å². The zero-order chi connectivity index (χ0) is 15.9. The third kappa shape index (κ3) is 3.74. The van der Waals surface area contributed by atoms with Crippen molar-refractivity contribution in [1.29, 1.82) is 5.26 Å². The first-order valence-corrected chi connectivity index (χ1v) is 7.37. The molecule has 114 valence electrons. The summed E-state index contributed by atoms with van der Waals surface area (Å²) in [6.07, 6.45) is 0. The second-order valence-electron chi connectivity index (χ2n) is 4.34. The van der Waals surface area contributed by atoms with Crippen molar-refractivity contribution >= 4 is 22.5 Å². The molecule has 0 aliphatic heterocycles. The highest BCUT2D eigenvalue weighted by atomic mass is 32.1. The van der Waals surface area contributed by atoms with E-state index in [0.29, 0.717) is 27.6 Å². The molecule has 7 heteroatoms. The zero-order valence-electron chi connectivity index (χ0n) is 12.3. The molecule has 1 aromatic heterocycles. The highest BCUT2D eigenvalue weighted by molar-refractivity contribution is 7.10. The number of benzene rings is 1. The lowest BCUT2D eigenvalue weighted by Gasteiger charge is -2.08. The van der Waals surface area contributed by atoms with Crippen molar-refractivity contribution in [1.82, 2.24) is 4.37 Å². The fraction of sp³-hybridized carbons (Fsp3) is 0.267. The van der Waals surface area contributed by atoms with Gasteiger partial charge in [-0.05, 0) is 42.7 Å². The minimum absolute atomic E-state index is 0.136. The summed E-state index contributed by atoms with van der Waals surface area (Å²) in [5, 5.41) is 12.3. The van der Waals surface area contributed by atoms with Gasteiger partial charge in [-0.3, -0.25) is 0 Å². The quantitative estimate of drug-likeness (QED) is 0.651. The fourth-order valence-corrected chi connectivity index (χ4v) is 2.51. The molecule has 0 spiro atoms. The van der Waals surface area contributed by atoms with Crippen molar-refractivity contribution in [2.75, 3.05) is 25.6 Å². The highest BCUT2D eigenvalue weighted by Gasteiger charge is 2.18. The number of rotatable bonds is 6. The third-order valence-electron chi connectivity index (χ3n) is 2.86. The maximum absolute atomic E-state index is 12.0. The first-order valence-electron chi connectivity index (χ1n) is 6.60. The molecule has 2 aromatic rings. The Labute approximate surface area is 132 Å². The maximum atomic E-state index is 12.0. The van der Waals surface area contributed by atoms with Crippen molar-refractivity contribution in [3.8, 4) is 11.8 Å². The van der Waals surface area contributed by atoms with Gasteiger partial charge in [0.05, 0.1) is 17.3 Å². The summed E-state index contributed by atoms with van der Waals surface area (Å²) in [4.78, 5) is 12.0. The molecule has 0 saturated heterocycles. The van der Waals surface area contributed by atoms with E-state index >= 15 is 0 Å². The smallest absolute Gasteiger partial charge is 0.343 e. The number of carbonyl (C=O) groups is 1. The Morgan fingerprint density at radius 2 is 2.09 bits per heavy atom. The molecule has 0 saturated carbocycles. The van der Waals surface area contributed by atoms with Gasteiger partial charge in [-0.15, -0.1) is 0 Å². The Balaban J connectivity index is 1.82. The predicted molar refractivity (Wildman–Crippen MR) is 83.3 cm³/mol. The minimum Gasteiger partial charge on any atom is -0.490 e. The lowest BCUT2D eigenvalue weighted by Crippen LogP contribution is -2.13. The number of hydrogen-bond acceptors (Lipinski definition) is 7. The molecule has 0 fully saturated rings. The van der Waals surface area contributed by atoms with Crippen molar-refractivity contribution in [3.05, 3.63) is 41.1 Å². The standard InChI is InChI=1S/C15H15N3O3S/c1-10-13(14(17-2)22-18-10)15(19)21-8-7-20-12-5-3-11(9-16)4-6-12/h3-6,17H,7-8H2,1-2H3.